The normalized spacial score (nSPS) is 21.8. The molecule has 1 aromatic carbocycles. The number of anilines is 2. The van der Waals surface area contributed by atoms with Gasteiger partial charge in [0.25, 0.3) is 5.91 Å². The third-order valence-electron chi connectivity index (χ3n) is 8.31. The summed E-state index contributed by atoms with van der Waals surface area (Å²) in [6.07, 6.45) is 4.11. The molecule has 3 aliphatic heterocycles. The lowest BCUT2D eigenvalue weighted by atomic mass is 9.82. The predicted octanol–water partition coefficient (Wildman–Crippen LogP) is 2.81. The van der Waals surface area contributed by atoms with Gasteiger partial charge in [0, 0.05) is 44.5 Å². The molecule has 0 aliphatic carbocycles. The van der Waals surface area contributed by atoms with E-state index in [1.54, 1.807) is 0 Å². The zero-order chi connectivity index (χ0) is 27.7. The Bertz CT molecular complexity index is 1310. The van der Waals surface area contributed by atoms with Gasteiger partial charge in [0.15, 0.2) is 0 Å². The smallest absolute Gasteiger partial charge is 0.325 e. The van der Waals surface area contributed by atoms with Crippen LogP contribution in [0.2, 0.25) is 0 Å². The fourth-order valence-corrected chi connectivity index (χ4v) is 5.86. The number of fused-ring (bicyclic) bond motifs is 1. The van der Waals surface area contributed by atoms with E-state index in [-0.39, 0.29) is 24.3 Å². The molecule has 3 aliphatic rings. The molecule has 2 saturated heterocycles. The van der Waals surface area contributed by atoms with Crippen LogP contribution in [0.15, 0.2) is 30.6 Å². The number of nitriles is 1. The van der Waals surface area contributed by atoms with Crippen molar-refractivity contribution >= 4 is 29.5 Å². The highest BCUT2D eigenvalue weighted by Gasteiger charge is 2.52. The fraction of sp³-hybridized carbons (Fsp3) is 0.500. The molecule has 1 N–H and O–H groups in total. The Balaban J connectivity index is 1.22. The number of hydrogen-bond acceptors (Lipinski definition) is 9. The number of aromatic nitrogens is 2. The number of nitrogens with one attached hydrogen (secondary N) is 1. The highest BCUT2D eigenvalue weighted by Crippen LogP contribution is 2.41. The second-order valence-electron chi connectivity index (χ2n) is 10.3. The van der Waals surface area contributed by atoms with E-state index >= 15 is 0 Å². The van der Waals surface area contributed by atoms with Crippen molar-refractivity contribution in [3.8, 4) is 11.8 Å². The van der Waals surface area contributed by atoms with Crippen LogP contribution in [0.1, 0.15) is 57.1 Å². The number of carbonyl (C=O) groups is 3. The van der Waals surface area contributed by atoms with E-state index < -0.39 is 17.5 Å². The van der Waals surface area contributed by atoms with Crippen LogP contribution in [0, 0.1) is 17.2 Å². The number of urea groups is 1. The second kappa shape index (κ2) is 10.5. The van der Waals surface area contributed by atoms with Crippen LogP contribution < -0.4 is 19.9 Å². The molecule has 2 atom stereocenters. The average molecular weight is 532 g/mol. The standard InChI is InChI=1S/C28H33N7O4/c1-4-33(5-2)20-6-7-21-18(3)22(24(36)39-23(21)14-20)8-11-35-25(37)28(32-27(35)38)9-12-34(13-10-28)26-30-16-19(15-29)17-31-26/h6-7,14,16-18,22H,4-5,8-13H2,1-3H3,(H,32,38). The SMILES string of the molecule is CCN(CC)c1ccc2c(c1)OC(=O)C(CCN1C(=O)NC3(CCN(c4ncc(C#N)cn4)CC3)C1=O)C2C. The Labute approximate surface area is 227 Å². The van der Waals surface area contributed by atoms with Crippen molar-refractivity contribution in [2.45, 2.75) is 51.5 Å². The number of imide groups is 1. The lowest BCUT2D eigenvalue weighted by Gasteiger charge is -2.37. The number of carbonyl (C=O) groups excluding carboxylic acids is 3. The maximum atomic E-state index is 13.4. The highest BCUT2D eigenvalue weighted by atomic mass is 16.5. The molecule has 3 amide bonds. The Morgan fingerprint density at radius 2 is 1.85 bits per heavy atom. The summed E-state index contributed by atoms with van der Waals surface area (Å²) in [6, 6.07) is 7.56. The van der Waals surface area contributed by atoms with E-state index in [1.165, 1.54) is 17.3 Å². The molecule has 2 unspecified atom stereocenters. The summed E-state index contributed by atoms with van der Waals surface area (Å²) in [6.45, 7) is 9.00. The lowest BCUT2D eigenvalue weighted by Crippen LogP contribution is -2.55. The van der Waals surface area contributed by atoms with Gasteiger partial charge in [-0.05, 0) is 50.7 Å². The van der Waals surface area contributed by atoms with Crippen molar-refractivity contribution in [3.63, 3.8) is 0 Å². The van der Waals surface area contributed by atoms with Gasteiger partial charge in [0.05, 0.1) is 23.9 Å². The summed E-state index contributed by atoms with van der Waals surface area (Å²) >= 11 is 0. The topological polar surface area (TPSA) is 132 Å². The molecular weight excluding hydrogens is 498 g/mol. The van der Waals surface area contributed by atoms with Crippen LogP contribution in [0.25, 0.3) is 0 Å². The molecule has 11 nitrogen and oxygen atoms in total. The van der Waals surface area contributed by atoms with Crippen LogP contribution in [-0.4, -0.2) is 71.0 Å². The van der Waals surface area contributed by atoms with E-state index in [0.717, 1.165) is 24.3 Å². The third kappa shape index (κ3) is 4.75. The summed E-state index contributed by atoms with van der Waals surface area (Å²) in [5.41, 5.74) is 1.39. The van der Waals surface area contributed by atoms with Crippen molar-refractivity contribution in [1.29, 1.82) is 5.26 Å². The number of ether oxygens (including phenoxy) is 1. The van der Waals surface area contributed by atoms with E-state index in [2.05, 4.69) is 40.1 Å². The zero-order valence-corrected chi connectivity index (χ0v) is 22.5. The first-order valence-corrected chi connectivity index (χ1v) is 13.5. The number of amides is 3. The maximum absolute atomic E-state index is 13.4. The van der Waals surface area contributed by atoms with Gasteiger partial charge in [-0.15, -0.1) is 0 Å². The number of rotatable bonds is 7. The predicted molar refractivity (Wildman–Crippen MR) is 143 cm³/mol. The number of esters is 1. The average Bonchev–Trinajstić information content (AvgIpc) is 3.17. The van der Waals surface area contributed by atoms with Gasteiger partial charge in [-0.25, -0.2) is 14.8 Å². The van der Waals surface area contributed by atoms with Crippen molar-refractivity contribution in [1.82, 2.24) is 20.2 Å². The van der Waals surface area contributed by atoms with Gasteiger partial charge in [0.1, 0.15) is 17.4 Å². The first-order chi connectivity index (χ1) is 18.8. The highest BCUT2D eigenvalue weighted by molar-refractivity contribution is 6.07. The minimum atomic E-state index is -0.966. The summed E-state index contributed by atoms with van der Waals surface area (Å²) in [5, 5.41) is 11.9. The van der Waals surface area contributed by atoms with Gasteiger partial charge >= 0.3 is 12.0 Å². The van der Waals surface area contributed by atoms with Crippen molar-refractivity contribution in [2.24, 2.45) is 5.92 Å². The molecule has 1 aromatic heterocycles. The first-order valence-electron chi connectivity index (χ1n) is 13.5. The monoisotopic (exact) mass is 531 g/mol. The van der Waals surface area contributed by atoms with Gasteiger partial charge in [0.2, 0.25) is 5.95 Å². The van der Waals surface area contributed by atoms with Gasteiger partial charge in [-0.2, -0.15) is 5.26 Å². The molecule has 204 valence electrons. The molecule has 11 heteroatoms. The molecule has 1 spiro atoms. The molecule has 5 rings (SSSR count). The van der Waals surface area contributed by atoms with Crippen LogP contribution in [0.4, 0.5) is 16.4 Å². The lowest BCUT2D eigenvalue weighted by molar-refractivity contribution is -0.142. The number of piperidine rings is 1. The van der Waals surface area contributed by atoms with E-state index in [1.807, 2.05) is 30.0 Å². The molecular formula is C28H33N7O4. The van der Waals surface area contributed by atoms with Crippen LogP contribution in [0.5, 0.6) is 5.75 Å². The minimum absolute atomic E-state index is 0.0996. The Morgan fingerprint density at radius 1 is 1.15 bits per heavy atom. The molecule has 0 saturated carbocycles. The summed E-state index contributed by atoms with van der Waals surface area (Å²) in [7, 11) is 0. The fourth-order valence-electron chi connectivity index (χ4n) is 5.86. The molecule has 0 radical (unpaired) electrons. The Morgan fingerprint density at radius 3 is 2.49 bits per heavy atom. The van der Waals surface area contributed by atoms with Crippen molar-refractivity contribution in [3.05, 3.63) is 41.7 Å². The first kappa shape index (κ1) is 26.4. The summed E-state index contributed by atoms with van der Waals surface area (Å²) < 4.78 is 5.74. The molecule has 0 bridgehead atoms. The number of benzene rings is 1. The van der Waals surface area contributed by atoms with E-state index in [9.17, 15) is 14.4 Å². The molecule has 2 aromatic rings. The van der Waals surface area contributed by atoms with Crippen LogP contribution in [-0.2, 0) is 9.59 Å². The molecule has 4 heterocycles. The molecule has 39 heavy (non-hydrogen) atoms. The Kier molecular flexibility index (Phi) is 7.12. The largest absolute Gasteiger partial charge is 0.426 e. The van der Waals surface area contributed by atoms with Crippen LogP contribution in [0.3, 0.4) is 0 Å². The number of hydrogen-bond donors (Lipinski definition) is 1. The van der Waals surface area contributed by atoms with Crippen molar-refractivity contribution < 1.29 is 19.1 Å². The van der Waals surface area contributed by atoms with Crippen LogP contribution >= 0.6 is 0 Å². The minimum Gasteiger partial charge on any atom is -0.426 e. The van der Waals surface area contributed by atoms with E-state index in [4.69, 9.17) is 10.00 Å². The van der Waals surface area contributed by atoms with Gasteiger partial charge in [-0.1, -0.05) is 13.0 Å². The Hall–Kier alpha value is -4.20. The summed E-state index contributed by atoms with van der Waals surface area (Å²) in [5.74, 6) is -0.0632. The van der Waals surface area contributed by atoms with E-state index in [0.29, 0.717) is 49.6 Å². The second-order valence-corrected chi connectivity index (χ2v) is 10.3. The number of nitrogens with zero attached hydrogens (tertiary/aromatic N) is 6. The third-order valence-corrected chi connectivity index (χ3v) is 8.31. The zero-order valence-electron chi connectivity index (χ0n) is 22.5. The molecule has 2 fully saturated rings. The van der Waals surface area contributed by atoms with Gasteiger partial charge < -0.3 is 19.9 Å². The quantitative estimate of drug-likeness (QED) is 0.325. The van der Waals surface area contributed by atoms with Gasteiger partial charge in [-0.3, -0.25) is 14.5 Å². The van der Waals surface area contributed by atoms with Crippen molar-refractivity contribution in [2.75, 3.05) is 42.5 Å². The summed E-state index contributed by atoms with van der Waals surface area (Å²) in [4.78, 5) is 53.2. The maximum Gasteiger partial charge on any atom is 0.325 e.